The summed E-state index contributed by atoms with van der Waals surface area (Å²) >= 11 is 0. The quantitative estimate of drug-likeness (QED) is 0.350. The standard InChI is InChI=1S/C26H32N6O3/c1-33-22-10-9-19(17-23(22)34-16-6-15-32-13-4-5-14-32)29-26-27-12-11-24(31-26)28-18-25-30-20-7-2-3-8-21(20)35-25/h2-3,7-12,17,25,30H,4-6,13-16,18H2,1H3,(H2,27,28,29,31). The second kappa shape index (κ2) is 11.1. The van der Waals surface area contributed by atoms with Crippen LogP contribution in [0.4, 0.5) is 23.1 Å². The smallest absolute Gasteiger partial charge is 0.229 e. The Balaban J connectivity index is 1.15. The lowest BCUT2D eigenvalue weighted by molar-refractivity contribution is 0.254. The van der Waals surface area contributed by atoms with Crippen LogP contribution in [0.1, 0.15) is 19.3 Å². The highest BCUT2D eigenvalue weighted by Crippen LogP contribution is 2.32. The molecule has 9 nitrogen and oxygen atoms in total. The van der Waals surface area contributed by atoms with E-state index in [0.29, 0.717) is 36.4 Å². The number of ether oxygens (including phenoxy) is 3. The van der Waals surface area contributed by atoms with Crippen molar-refractivity contribution in [2.75, 3.05) is 55.8 Å². The van der Waals surface area contributed by atoms with E-state index < -0.39 is 0 Å². The molecule has 1 saturated heterocycles. The minimum Gasteiger partial charge on any atom is -0.493 e. The number of rotatable bonds is 11. The Kier molecular flexibility index (Phi) is 7.33. The molecule has 0 amide bonds. The molecule has 3 aromatic rings. The van der Waals surface area contributed by atoms with Crippen LogP contribution in [0.25, 0.3) is 0 Å². The van der Waals surface area contributed by atoms with Gasteiger partial charge in [-0.25, -0.2) is 4.98 Å². The van der Waals surface area contributed by atoms with Gasteiger partial charge in [0.15, 0.2) is 17.7 Å². The van der Waals surface area contributed by atoms with E-state index in [1.165, 1.54) is 25.9 Å². The minimum atomic E-state index is -0.162. The zero-order chi connectivity index (χ0) is 23.9. The molecule has 0 radical (unpaired) electrons. The number of anilines is 4. The van der Waals surface area contributed by atoms with Gasteiger partial charge in [0.1, 0.15) is 11.6 Å². The Labute approximate surface area is 205 Å². The molecular formula is C26H32N6O3. The van der Waals surface area contributed by atoms with Crippen LogP contribution in [0, 0.1) is 0 Å². The van der Waals surface area contributed by atoms with Crippen LogP contribution in [0.5, 0.6) is 17.2 Å². The molecule has 1 atom stereocenters. The second-order valence-corrected chi connectivity index (χ2v) is 8.63. The molecule has 2 aromatic carbocycles. The third kappa shape index (κ3) is 6.05. The first-order valence-corrected chi connectivity index (χ1v) is 12.2. The first kappa shape index (κ1) is 23.0. The van der Waals surface area contributed by atoms with Gasteiger partial charge in [-0.2, -0.15) is 4.98 Å². The molecule has 9 heteroatoms. The average molecular weight is 477 g/mol. The van der Waals surface area contributed by atoms with Crippen molar-refractivity contribution in [3.8, 4) is 17.2 Å². The number of aromatic nitrogens is 2. The number of benzene rings is 2. The SMILES string of the molecule is COc1ccc(Nc2nccc(NCC3Nc4ccccc4O3)n2)cc1OCCCN1CCCC1. The molecule has 5 rings (SSSR count). The summed E-state index contributed by atoms with van der Waals surface area (Å²) in [6, 6.07) is 15.5. The Morgan fingerprint density at radius 2 is 2.00 bits per heavy atom. The summed E-state index contributed by atoms with van der Waals surface area (Å²) in [5.41, 5.74) is 1.83. The molecule has 1 aromatic heterocycles. The van der Waals surface area contributed by atoms with Crippen molar-refractivity contribution in [1.29, 1.82) is 0 Å². The largest absolute Gasteiger partial charge is 0.493 e. The zero-order valence-electron chi connectivity index (χ0n) is 20.0. The van der Waals surface area contributed by atoms with Crippen LogP contribution < -0.4 is 30.2 Å². The molecule has 1 fully saturated rings. The lowest BCUT2D eigenvalue weighted by Crippen LogP contribution is -2.29. The van der Waals surface area contributed by atoms with Gasteiger partial charge < -0.3 is 35.1 Å². The number of nitrogens with one attached hydrogen (secondary N) is 3. The summed E-state index contributed by atoms with van der Waals surface area (Å²) in [6.07, 6.45) is 5.16. The van der Waals surface area contributed by atoms with Crippen molar-refractivity contribution < 1.29 is 14.2 Å². The first-order chi connectivity index (χ1) is 17.3. The zero-order valence-corrected chi connectivity index (χ0v) is 20.0. The Hall–Kier alpha value is -3.72. The Morgan fingerprint density at radius 1 is 1.11 bits per heavy atom. The van der Waals surface area contributed by atoms with Gasteiger partial charge in [-0.3, -0.25) is 0 Å². The van der Waals surface area contributed by atoms with Crippen LogP contribution in [0.15, 0.2) is 54.7 Å². The third-order valence-corrected chi connectivity index (χ3v) is 6.09. The summed E-state index contributed by atoms with van der Waals surface area (Å²) in [7, 11) is 1.65. The van der Waals surface area contributed by atoms with Crippen molar-refractivity contribution in [1.82, 2.24) is 14.9 Å². The van der Waals surface area contributed by atoms with Crippen molar-refractivity contribution >= 4 is 23.1 Å². The van der Waals surface area contributed by atoms with Crippen LogP contribution in [-0.4, -0.2) is 61.0 Å². The topological polar surface area (TPSA) is 92.8 Å². The van der Waals surface area contributed by atoms with Gasteiger partial charge in [0, 0.05) is 24.5 Å². The molecular weight excluding hydrogens is 444 g/mol. The minimum absolute atomic E-state index is 0.162. The molecule has 0 bridgehead atoms. The van der Waals surface area contributed by atoms with E-state index in [4.69, 9.17) is 14.2 Å². The normalized spacial score (nSPS) is 16.8. The summed E-state index contributed by atoms with van der Waals surface area (Å²) < 4.78 is 17.4. The average Bonchev–Trinajstić information content (AvgIpc) is 3.55. The van der Waals surface area contributed by atoms with E-state index in [1.807, 2.05) is 48.5 Å². The predicted molar refractivity (Wildman–Crippen MR) is 137 cm³/mol. The van der Waals surface area contributed by atoms with Crippen molar-refractivity contribution in [2.24, 2.45) is 0 Å². The predicted octanol–water partition coefficient (Wildman–Crippen LogP) is 4.34. The van der Waals surface area contributed by atoms with E-state index in [1.54, 1.807) is 13.3 Å². The van der Waals surface area contributed by atoms with Crippen LogP contribution in [0.2, 0.25) is 0 Å². The van der Waals surface area contributed by atoms with Gasteiger partial charge in [-0.15, -0.1) is 0 Å². The van der Waals surface area contributed by atoms with Gasteiger partial charge in [0.2, 0.25) is 5.95 Å². The van der Waals surface area contributed by atoms with Gasteiger partial charge in [-0.1, -0.05) is 12.1 Å². The number of para-hydroxylation sites is 2. The monoisotopic (exact) mass is 476 g/mol. The van der Waals surface area contributed by atoms with Gasteiger partial charge in [-0.05, 0) is 62.7 Å². The number of methoxy groups -OCH3 is 1. The summed E-state index contributed by atoms with van der Waals surface area (Å²) in [5, 5.41) is 9.91. The molecule has 2 aliphatic heterocycles. The van der Waals surface area contributed by atoms with Gasteiger partial charge in [0.05, 0.1) is 25.9 Å². The number of hydrogen-bond donors (Lipinski definition) is 3. The second-order valence-electron chi connectivity index (χ2n) is 8.63. The fraction of sp³-hybridized carbons (Fsp3) is 0.385. The number of nitrogens with zero attached hydrogens (tertiary/aromatic N) is 3. The van der Waals surface area contributed by atoms with Crippen LogP contribution >= 0.6 is 0 Å². The molecule has 1 unspecified atom stereocenters. The van der Waals surface area contributed by atoms with E-state index >= 15 is 0 Å². The van der Waals surface area contributed by atoms with Crippen LogP contribution in [0.3, 0.4) is 0 Å². The van der Waals surface area contributed by atoms with Gasteiger partial charge >= 0.3 is 0 Å². The highest BCUT2D eigenvalue weighted by atomic mass is 16.5. The highest BCUT2D eigenvalue weighted by Gasteiger charge is 2.20. The van der Waals surface area contributed by atoms with E-state index in [-0.39, 0.29) is 6.23 Å². The maximum Gasteiger partial charge on any atom is 0.229 e. The Bertz CT molecular complexity index is 1100. The summed E-state index contributed by atoms with van der Waals surface area (Å²) in [5.74, 6) is 3.47. The maximum absolute atomic E-state index is 6.05. The molecule has 0 saturated carbocycles. The van der Waals surface area contributed by atoms with E-state index in [0.717, 1.165) is 30.1 Å². The Morgan fingerprint density at radius 3 is 2.86 bits per heavy atom. The lowest BCUT2D eigenvalue weighted by atomic mass is 10.2. The van der Waals surface area contributed by atoms with Crippen molar-refractivity contribution in [3.05, 3.63) is 54.7 Å². The molecule has 35 heavy (non-hydrogen) atoms. The molecule has 2 aliphatic rings. The van der Waals surface area contributed by atoms with Crippen molar-refractivity contribution in [3.63, 3.8) is 0 Å². The highest BCUT2D eigenvalue weighted by molar-refractivity contribution is 5.61. The molecule has 184 valence electrons. The first-order valence-electron chi connectivity index (χ1n) is 12.2. The van der Waals surface area contributed by atoms with Gasteiger partial charge in [0.25, 0.3) is 0 Å². The number of fused-ring (bicyclic) bond motifs is 1. The van der Waals surface area contributed by atoms with E-state index in [9.17, 15) is 0 Å². The summed E-state index contributed by atoms with van der Waals surface area (Å²) in [6.45, 7) is 4.68. The molecule has 0 aliphatic carbocycles. The molecule has 3 N–H and O–H groups in total. The third-order valence-electron chi connectivity index (χ3n) is 6.09. The summed E-state index contributed by atoms with van der Waals surface area (Å²) in [4.78, 5) is 11.4. The maximum atomic E-state index is 6.05. The van der Waals surface area contributed by atoms with Crippen molar-refractivity contribution in [2.45, 2.75) is 25.5 Å². The fourth-order valence-electron chi connectivity index (χ4n) is 4.33. The van der Waals surface area contributed by atoms with E-state index in [2.05, 4.69) is 30.8 Å². The number of likely N-dealkylation sites (tertiary alicyclic amines) is 1. The number of hydrogen-bond acceptors (Lipinski definition) is 9. The lowest BCUT2D eigenvalue weighted by Gasteiger charge is -2.16. The molecule has 0 spiro atoms. The fourth-order valence-corrected chi connectivity index (χ4v) is 4.33. The van der Waals surface area contributed by atoms with Crippen LogP contribution in [-0.2, 0) is 0 Å². The molecule has 3 heterocycles.